The first-order valence-electron chi connectivity index (χ1n) is 5.07. The highest BCUT2D eigenvalue weighted by atomic mass is 16.5. The molecule has 0 amide bonds. The number of ether oxygens (including phenoxy) is 1. The minimum atomic E-state index is -0.310. The van der Waals surface area contributed by atoms with E-state index < -0.39 is 0 Å². The fourth-order valence-corrected chi connectivity index (χ4v) is 1.87. The fraction of sp³-hybridized carbons (Fsp3) is 0.417. The van der Waals surface area contributed by atoms with E-state index >= 15 is 0 Å². The lowest BCUT2D eigenvalue weighted by Gasteiger charge is -2.31. The van der Waals surface area contributed by atoms with Gasteiger partial charge in [0.1, 0.15) is 0 Å². The molecule has 1 N–H and O–H groups in total. The molecule has 3 nitrogen and oxygen atoms in total. The zero-order chi connectivity index (χ0) is 10.8. The van der Waals surface area contributed by atoms with Crippen molar-refractivity contribution in [2.45, 2.75) is 24.9 Å². The lowest BCUT2D eigenvalue weighted by Crippen LogP contribution is -2.26. The third-order valence-corrected chi connectivity index (χ3v) is 2.92. The highest BCUT2D eigenvalue weighted by Crippen LogP contribution is 2.36. The summed E-state index contributed by atoms with van der Waals surface area (Å²) in [4.78, 5) is 11.2. The van der Waals surface area contributed by atoms with Crippen LogP contribution in [0.1, 0.15) is 34.7 Å². The number of carbonyl (C=O) groups is 1. The first-order chi connectivity index (χ1) is 7.20. The Morgan fingerprint density at radius 1 is 1.33 bits per heavy atom. The van der Waals surface area contributed by atoms with Gasteiger partial charge in [-0.1, -0.05) is 12.1 Å². The van der Waals surface area contributed by atoms with Gasteiger partial charge >= 0.3 is 5.97 Å². The molecule has 1 aromatic rings. The number of aliphatic hydroxyl groups excluding tert-OH is 1. The summed E-state index contributed by atoms with van der Waals surface area (Å²) in [5, 5.41) is 9.19. The Balaban J connectivity index is 2.07. The molecule has 0 heterocycles. The molecule has 0 radical (unpaired) electrons. The normalized spacial score (nSPS) is 24.4. The van der Waals surface area contributed by atoms with Crippen LogP contribution in [0.25, 0.3) is 0 Å². The molecule has 1 saturated carbocycles. The van der Waals surface area contributed by atoms with E-state index in [9.17, 15) is 9.90 Å². The van der Waals surface area contributed by atoms with E-state index in [0.29, 0.717) is 11.5 Å². The van der Waals surface area contributed by atoms with Gasteiger partial charge in [0, 0.05) is 0 Å². The van der Waals surface area contributed by atoms with Crippen molar-refractivity contribution in [1.82, 2.24) is 0 Å². The Bertz CT molecular complexity index is 350. The molecule has 0 unspecified atom stereocenters. The number of hydrogen-bond donors (Lipinski definition) is 1. The number of aliphatic hydroxyl groups is 1. The minimum Gasteiger partial charge on any atom is -0.465 e. The van der Waals surface area contributed by atoms with Crippen LogP contribution in [0.4, 0.5) is 0 Å². The van der Waals surface area contributed by atoms with Gasteiger partial charge in [-0.05, 0) is 36.5 Å². The molecule has 1 aliphatic rings. The molecule has 3 heteroatoms. The number of hydrogen-bond acceptors (Lipinski definition) is 3. The second kappa shape index (κ2) is 4.03. The summed E-state index contributed by atoms with van der Waals surface area (Å²) >= 11 is 0. The molecule has 1 fully saturated rings. The number of benzene rings is 1. The van der Waals surface area contributed by atoms with Crippen LogP contribution in [0, 0.1) is 0 Å². The molecule has 80 valence electrons. The maximum absolute atomic E-state index is 11.2. The topological polar surface area (TPSA) is 46.5 Å². The number of esters is 1. The van der Waals surface area contributed by atoms with Crippen molar-refractivity contribution in [2.24, 2.45) is 0 Å². The van der Waals surface area contributed by atoms with Gasteiger partial charge in [0.2, 0.25) is 0 Å². The van der Waals surface area contributed by atoms with Gasteiger partial charge in [-0.25, -0.2) is 4.79 Å². The van der Waals surface area contributed by atoms with E-state index in [4.69, 9.17) is 0 Å². The van der Waals surface area contributed by atoms with Gasteiger partial charge in [-0.2, -0.15) is 0 Å². The highest BCUT2D eigenvalue weighted by Gasteiger charge is 2.28. The molecule has 0 saturated heterocycles. The van der Waals surface area contributed by atoms with Crippen molar-refractivity contribution in [3.8, 4) is 0 Å². The number of rotatable bonds is 2. The lowest BCUT2D eigenvalue weighted by atomic mass is 9.77. The SMILES string of the molecule is COC(=O)c1ccc(C2CC(O)C2)cc1. The van der Waals surface area contributed by atoms with Crippen LogP contribution in [0.3, 0.4) is 0 Å². The predicted octanol–water partition coefficient (Wildman–Crippen LogP) is 1.71. The second-order valence-electron chi connectivity index (χ2n) is 3.94. The van der Waals surface area contributed by atoms with Crippen molar-refractivity contribution < 1.29 is 14.6 Å². The van der Waals surface area contributed by atoms with Crippen molar-refractivity contribution in [1.29, 1.82) is 0 Å². The first-order valence-corrected chi connectivity index (χ1v) is 5.07. The Morgan fingerprint density at radius 3 is 2.40 bits per heavy atom. The minimum absolute atomic E-state index is 0.143. The quantitative estimate of drug-likeness (QED) is 0.749. The summed E-state index contributed by atoms with van der Waals surface area (Å²) in [5.74, 6) is 0.141. The summed E-state index contributed by atoms with van der Waals surface area (Å²) in [6.45, 7) is 0. The first kappa shape index (κ1) is 10.2. The van der Waals surface area contributed by atoms with Crippen LogP contribution >= 0.6 is 0 Å². The van der Waals surface area contributed by atoms with E-state index in [1.165, 1.54) is 12.7 Å². The number of methoxy groups -OCH3 is 1. The Morgan fingerprint density at radius 2 is 1.93 bits per heavy atom. The van der Waals surface area contributed by atoms with Gasteiger partial charge in [0.25, 0.3) is 0 Å². The van der Waals surface area contributed by atoms with Crippen molar-refractivity contribution in [3.05, 3.63) is 35.4 Å². The monoisotopic (exact) mass is 206 g/mol. The highest BCUT2D eigenvalue weighted by molar-refractivity contribution is 5.89. The molecule has 15 heavy (non-hydrogen) atoms. The average Bonchev–Trinajstić information content (AvgIpc) is 2.24. The predicted molar refractivity (Wildman–Crippen MR) is 55.8 cm³/mol. The van der Waals surface area contributed by atoms with Gasteiger partial charge in [-0.15, -0.1) is 0 Å². The van der Waals surface area contributed by atoms with Crippen LogP contribution in [0.2, 0.25) is 0 Å². The van der Waals surface area contributed by atoms with E-state index in [0.717, 1.165) is 12.8 Å². The van der Waals surface area contributed by atoms with Crippen LogP contribution in [-0.4, -0.2) is 24.3 Å². The maximum atomic E-state index is 11.2. The summed E-state index contributed by atoms with van der Waals surface area (Å²) in [7, 11) is 1.37. The van der Waals surface area contributed by atoms with Gasteiger partial charge in [-0.3, -0.25) is 0 Å². The molecule has 2 rings (SSSR count). The van der Waals surface area contributed by atoms with E-state index in [1.54, 1.807) is 12.1 Å². The third-order valence-electron chi connectivity index (χ3n) is 2.92. The van der Waals surface area contributed by atoms with Gasteiger partial charge < -0.3 is 9.84 Å². The lowest BCUT2D eigenvalue weighted by molar-refractivity contribution is 0.0599. The van der Waals surface area contributed by atoms with Crippen LogP contribution in [0.15, 0.2) is 24.3 Å². The van der Waals surface area contributed by atoms with Crippen molar-refractivity contribution >= 4 is 5.97 Å². The van der Waals surface area contributed by atoms with Crippen LogP contribution in [0.5, 0.6) is 0 Å². The van der Waals surface area contributed by atoms with Gasteiger partial charge in [0.15, 0.2) is 0 Å². The molecule has 0 bridgehead atoms. The summed E-state index contributed by atoms with van der Waals surface area (Å²) < 4.78 is 4.62. The molecule has 0 spiro atoms. The van der Waals surface area contributed by atoms with E-state index in [2.05, 4.69) is 4.74 Å². The second-order valence-corrected chi connectivity index (χ2v) is 3.94. The molecule has 0 atom stereocenters. The zero-order valence-corrected chi connectivity index (χ0v) is 8.64. The van der Waals surface area contributed by atoms with Crippen molar-refractivity contribution in [3.63, 3.8) is 0 Å². The van der Waals surface area contributed by atoms with Crippen molar-refractivity contribution in [2.75, 3.05) is 7.11 Å². The largest absolute Gasteiger partial charge is 0.465 e. The Kier molecular flexibility index (Phi) is 2.73. The van der Waals surface area contributed by atoms with Crippen LogP contribution in [-0.2, 0) is 4.74 Å². The standard InChI is InChI=1S/C12H14O3/c1-15-12(14)9-4-2-8(3-5-9)10-6-11(13)7-10/h2-5,10-11,13H,6-7H2,1H3. The Labute approximate surface area is 88.7 Å². The summed E-state index contributed by atoms with van der Waals surface area (Å²) in [6.07, 6.45) is 1.52. The molecule has 1 aliphatic carbocycles. The molecule has 0 aromatic heterocycles. The Hall–Kier alpha value is -1.35. The molecular weight excluding hydrogens is 192 g/mol. The molecule has 0 aliphatic heterocycles. The van der Waals surface area contributed by atoms with Gasteiger partial charge in [0.05, 0.1) is 18.8 Å². The van der Waals surface area contributed by atoms with Crippen LogP contribution < -0.4 is 0 Å². The zero-order valence-electron chi connectivity index (χ0n) is 8.64. The molecule has 1 aromatic carbocycles. The smallest absolute Gasteiger partial charge is 0.337 e. The van der Waals surface area contributed by atoms with E-state index in [-0.39, 0.29) is 12.1 Å². The molecular formula is C12H14O3. The third kappa shape index (κ3) is 2.02. The summed E-state index contributed by atoms with van der Waals surface area (Å²) in [5.41, 5.74) is 1.76. The fourth-order valence-electron chi connectivity index (χ4n) is 1.87. The average molecular weight is 206 g/mol. The number of carbonyl (C=O) groups excluding carboxylic acids is 1. The van der Waals surface area contributed by atoms with E-state index in [1.807, 2.05) is 12.1 Å². The summed E-state index contributed by atoms with van der Waals surface area (Å²) in [6, 6.07) is 7.41. The maximum Gasteiger partial charge on any atom is 0.337 e.